The minimum Gasteiger partial charge on any atom is -1.00 e. The Morgan fingerprint density at radius 3 is 1.25 bits per heavy atom. The van der Waals surface area contributed by atoms with E-state index >= 15 is 0 Å². The van der Waals surface area contributed by atoms with Crippen molar-refractivity contribution in [3.8, 4) is 0 Å². The Morgan fingerprint density at radius 2 is 1.25 bits per heavy atom. The molecule has 0 fully saturated rings. The summed E-state index contributed by atoms with van der Waals surface area (Å²) in [5.41, 5.74) is 0. The molecule has 0 rings (SSSR count). The van der Waals surface area contributed by atoms with E-state index in [0.29, 0.717) is 0 Å². The van der Waals surface area contributed by atoms with Gasteiger partial charge in [-0.2, -0.15) is 13.5 Å². The topological polar surface area (TPSA) is 40.5 Å². The van der Waals surface area contributed by atoms with Crippen LogP contribution in [0.25, 0.3) is 0 Å². The summed E-state index contributed by atoms with van der Waals surface area (Å²) in [4.78, 5) is 0. The van der Waals surface area contributed by atoms with E-state index in [4.69, 9.17) is 10.5 Å². The van der Waals surface area contributed by atoms with Crippen LogP contribution in [0.2, 0.25) is 0 Å². The molecule has 0 atom stereocenters. The molecule has 4 heteroatoms. The fourth-order valence-electron chi connectivity index (χ4n) is 0. The molecule has 0 spiro atoms. The number of hydrogen-bond donors (Lipinski definition) is 2. The summed E-state index contributed by atoms with van der Waals surface area (Å²) in [5.74, 6) is 0. The minimum absolute atomic E-state index is 0. The molecular weight excluding hydrogens is 87.1 g/mol. The van der Waals surface area contributed by atoms with Gasteiger partial charge in [0.2, 0.25) is 0 Å². The Labute approximate surface area is 55.0 Å². The summed E-state index contributed by atoms with van der Waals surface area (Å²) >= 11 is 0. The van der Waals surface area contributed by atoms with Crippen LogP contribution in [0.1, 0.15) is 1.43 Å². The molecular formula is H5NaO2S. The van der Waals surface area contributed by atoms with Crippen molar-refractivity contribution in [3.05, 3.63) is 0 Å². The van der Waals surface area contributed by atoms with Crippen LogP contribution in [-0.4, -0.2) is 10.5 Å². The van der Waals surface area contributed by atoms with Gasteiger partial charge in [-0.3, -0.25) is 10.5 Å². The third kappa shape index (κ3) is 10.4. The SMILES string of the molecule is OO.S.[H-].[Na+]. The van der Waals surface area contributed by atoms with E-state index < -0.39 is 0 Å². The molecule has 0 radical (unpaired) electrons. The van der Waals surface area contributed by atoms with Crippen LogP contribution >= 0.6 is 13.5 Å². The first kappa shape index (κ1) is 18.6. The van der Waals surface area contributed by atoms with Crippen LogP contribution in [0.4, 0.5) is 0 Å². The third-order valence-electron chi connectivity index (χ3n) is 0. The minimum atomic E-state index is 0. The second-order valence-corrected chi connectivity index (χ2v) is 0. The largest absolute Gasteiger partial charge is 1.00 e. The van der Waals surface area contributed by atoms with Crippen molar-refractivity contribution in [2.24, 2.45) is 0 Å². The fraction of sp³-hybridized carbons (Fsp3) is 0. The molecule has 0 bridgehead atoms. The maximum Gasteiger partial charge on any atom is 1.00 e. The normalized spacial score (nSPS) is 1.50. The Hall–Kier alpha value is 1.27. The van der Waals surface area contributed by atoms with Crippen LogP contribution in [0.5, 0.6) is 0 Å². The molecule has 4 heavy (non-hydrogen) atoms. The van der Waals surface area contributed by atoms with Crippen molar-refractivity contribution in [2.45, 2.75) is 0 Å². The molecule has 0 aromatic carbocycles. The van der Waals surface area contributed by atoms with Gasteiger partial charge in [0.05, 0.1) is 0 Å². The van der Waals surface area contributed by atoms with Gasteiger partial charge in [0.1, 0.15) is 0 Å². The Balaban J connectivity index is -0.00000000167. The molecule has 0 saturated carbocycles. The third-order valence-corrected chi connectivity index (χ3v) is 0. The van der Waals surface area contributed by atoms with Crippen molar-refractivity contribution in [1.29, 1.82) is 0 Å². The molecule has 0 amide bonds. The van der Waals surface area contributed by atoms with Gasteiger partial charge in [-0.25, -0.2) is 0 Å². The zero-order chi connectivity index (χ0) is 2.00. The summed E-state index contributed by atoms with van der Waals surface area (Å²) in [5, 5.41) is 12.0. The van der Waals surface area contributed by atoms with Crippen LogP contribution in [-0.2, 0) is 0 Å². The van der Waals surface area contributed by atoms with Crippen LogP contribution < -0.4 is 29.6 Å². The van der Waals surface area contributed by atoms with E-state index in [1.54, 1.807) is 0 Å². The van der Waals surface area contributed by atoms with Crippen molar-refractivity contribution in [1.82, 2.24) is 0 Å². The molecule has 2 N–H and O–H groups in total. The average Bonchev–Trinajstić information content (AvgIpc) is 1.00. The van der Waals surface area contributed by atoms with E-state index in [0.717, 1.165) is 0 Å². The second-order valence-electron chi connectivity index (χ2n) is 0. The number of rotatable bonds is 0. The van der Waals surface area contributed by atoms with Gasteiger partial charge in [0, 0.05) is 0 Å². The molecule has 0 saturated heterocycles. The van der Waals surface area contributed by atoms with E-state index in [1.807, 2.05) is 0 Å². The van der Waals surface area contributed by atoms with Gasteiger partial charge in [-0.05, 0) is 0 Å². The molecule has 0 unspecified atom stereocenters. The zero-order valence-corrected chi connectivity index (χ0v) is 5.39. The summed E-state index contributed by atoms with van der Waals surface area (Å²) in [6.07, 6.45) is 0. The van der Waals surface area contributed by atoms with E-state index in [1.165, 1.54) is 0 Å². The molecule has 0 aliphatic carbocycles. The van der Waals surface area contributed by atoms with Gasteiger partial charge in [-0.1, -0.05) is 0 Å². The molecule has 0 aliphatic rings. The van der Waals surface area contributed by atoms with Gasteiger partial charge >= 0.3 is 29.6 Å². The molecule has 0 heterocycles. The van der Waals surface area contributed by atoms with Crippen LogP contribution in [0.3, 0.4) is 0 Å². The van der Waals surface area contributed by atoms with Gasteiger partial charge in [0.15, 0.2) is 0 Å². The monoisotopic (exact) mass is 92.0 g/mol. The summed E-state index contributed by atoms with van der Waals surface area (Å²) in [7, 11) is 0. The van der Waals surface area contributed by atoms with Gasteiger partial charge in [0.25, 0.3) is 0 Å². The van der Waals surface area contributed by atoms with Crippen LogP contribution in [0.15, 0.2) is 0 Å². The Bertz CT molecular complexity index is 9.61. The van der Waals surface area contributed by atoms with E-state index in [2.05, 4.69) is 0 Å². The molecule has 0 aliphatic heterocycles. The maximum absolute atomic E-state index is 6.00. The first-order valence-corrected chi connectivity index (χ1v) is 0.200. The van der Waals surface area contributed by atoms with Crippen LogP contribution in [0, 0.1) is 0 Å². The molecule has 0 aromatic rings. The van der Waals surface area contributed by atoms with E-state index in [9.17, 15) is 0 Å². The predicted molar refractivity (Wildman–Crippen MR) is 16.8 cm³/mol. The predicted octanol–water partition coefficient (Wildman–Crippen LogP) is -2.75. The van der Waals surface area contributed by atoms with Crippen molar-refractivity contribution in [2.75, 3.05) is 0 Å². The molecule has 2 nitrogen and oxygen atoms in total. The first-order valence-electron chi connectivity index (χ1n) is 0.200. The molecule has 24 valence electrons. The molecule has 0 aromatic heterocycles. The Kier molecular flexibility index (Phi) is 132. The maximum atomic E-state index is 6.00. The Morgan fingerprint density at radius 1 is 1.25 bits per heavy atom. The van der Waals surface area contributed by atoms with Crippen molar-refractivity contribution in [3.63, 3.8) is 0 Å². The van der Waals surface area contributed by atoms with Gasteiger partial charge < -0.3 is 1.43 Å². The number of hydrogen-bond acceptors (Lipinski definition) is 2. The summed E-state index contributed by atoms with van der Waals surface area (Å²) in [6, 6.07) is 0. The summed E-state index contributed by atoms with van der Waals surface area (Å²) in [6.45, 7) is 0. The fourth-order valence-corrected chi connectivity index (χ4v) is 0. The van der Waals surface area contributed by atoms with Crippen molar-refractivity contribution < 1.29 is 41.5 Å². The van der Waals surface area contributed by atoms with Crippen molar-refractivity contribution >= 4 is 13.5 Å². The standard InChI is InChI=1S/Na.H2O2.H2S.H/c;1-2;;/h;1-2H;1H2;/q+1;;;-1. The first-order chi connectivity index (χ1) is 1.00. The van der Waals surface area contributed by atoms with E-state index in [-0.39, 0.29) is 44.5 Å². The summed E-state index contributed by atoms with van der Waals surface area (Å²) < 4.78 is 0. The average molecular weight is 92.1 g/mol. The quantitative estimate of drug-likeness (QED) is 0.193. The second kappa shape index (κ2) is 28.3. The van der Waals surface area contributed by atoms with Gasteiger partial charge in [-0.15, -0.1) is 0 Å². The smallest absolute Gasteiger partial charge is 1.00 e. The zero-order valence-electron chi connectivity index (χ0n) is 3.39.